The first-order valence-corrected chi connectivity index (χ1v) is 9.15. The van der Waals surface area contributed by atoms with Crippen molar-refractivity contribution in [2.45, 2.75) is 6.92 Å². The van der Waals surface area contributed by atoms with Crippen molar-refractivity contribution >= 4 is 46.0 Å². The van der Waals surface area contributed by atoms with Crippen LogP contribution in [0.2, 0.25) is 10.0 Å². The summed E-state index contributed by atoms with van der Waals surface area (Å²) < 4.78 is 11.0. The van der Waals surface area contributed by atoms with Gasteiger partial charge in [-0.25, -0.2) is 4.79 Å². The van der Waals surface area contributed by atoms with E-state index in [0.29, 0.717) is 32.3 Å². The van der Waals surface area contributed by atoms with Crippen molar-refractivity contribution < 1.29 is 13.9 Å². The molecule has 0 atom stereocenters. The van der Waals surface area contributed by atoms with E-state index >= 15 is 0 Å². The maximum atomic E-state index is 13.0. The Bertz CT molecular complexity index is 1140. The number of halogens is 2. The molecule has 0 aliphatic rings. The van der Waals surface area contributed by atoms with E-state index in [1.165, 1.54) is 18.2 Å². The van der Waals surface area contributed by atoms with Crippen molar-refractivity contribution in [2.75, 3.05) is 6.61 Å². The number of hydrogen-bond acceptors (Lipinski definition) is 4. The van der Waals surface area contributed by atoms with Crippen LogP contribution in [0.4, 0.5) is 0 Å². The zero-order valence-electron chi connectivity index (χ0n) is 15.0. The molecule has 3 aromatic rings. The molecule has 0 aliphatic heterocycles. The van der Waals surface area contributed by atoms with Gasteiger partial charge in [0.25, 0.3) is 0 Å². The Morgan fingerprint density at radius 3 is 2.61 bits per heavy atom. The highest BCUT2D eigenvalue weighted by Crippen LogP contribution is 2.31. The molecular formula is C22H16Cl2O4. The molecule has 0 aliphatic carbocycles. The van der Waals surface area contributed by atoms with Crippen LogP contribution in [0.3, 0.4) is 0 Å². The second-order valence-corrected chi connectivity index (χ2v) is 6.81. The predicted octanol–water partition coefficient (Wildman–Crippen LogP) is 5.87. The third kappa shape index (κ3) is 4.03. The first-order valence-electron chi connectivity index (χ1n) is 8.40. The molecule has 0 saturated carbocycles. The summed E-state index contributed by atoms with van der Waals surface area (Å²) in [5.41, 5.74) is 1.00. The second-order valence-electron chi connectivity index (χ2n) is 6.00. The number of ether oxygens (including phenoxy) is 1. The Morgan fingerprint density at radius 1 is 1.21 bits per heavy atom. The molecule has 28 heavy (non-hydrogen) atoms. The normalized spacial score (nSPS) is 11.1. The van der Waals surface area contributed by atoms with Crippen molar-refractivity contribution in [3.8, 4) is 5.75 Å². The average Bonchev–Trinajstić information content (AvgIpc) is 2.65. The lowest BCUT2D eigenvalue weighted by atomic mass is 10.0. The Morgan fingerprint density at radius 2 is 1.93 bits per heavy atom. The van der Waals surface area contributed by atoms with Crippen molar-refractivity contribution in [1.29, 1.82) is 0 Å². The van der Waals surface area contributed by atoms with Crippen LogP contribution >= 0.6 is 23.2 Å². The summed E-state index contributed by atoms with van der Waals surface area (Å²) >= 11 is 12.3. The number of hydrogen-bond donors (Lipinski definition) is 0. The fourth-order valence-electron chi connectivity index (χ4n) is 2.78. The van der Waals surface area contributed by atoms with E-state index in [1.807, 2.05) is 0 Å². The molecule has 2 aromatic carbocycles. The Labute approximate surface area is 171 Å². The molecule has 4 nitrogen and oxygen atoms in total. The Kier molecular flexibility index (Phi) is 6.02. The maximum absolute atomic E-state index is 13.0. The minimum absolute atomic E-state index is 0.152. The van der Waals surface area contributed by atoms with Crippen LogP contribution in [-0.2, 0) is 0 Å². The van der Waals surface area contributed by atoms with Crippen molar-refractivity contribution in [3.63, 3.8) is 0 Å². The van der Waals surface area contributed by atoms with Gasteiger partial charge in [-0.05, 0) is 48.9 Å². The molecule has 0 N–H and O–H groups in total. The van der Waals surface area contributed by atoms with E-state index in [0.717, 1.165) is 0 Å². The first kappa shape index (κ1) is 19.9. The molecular weight excluding hydrogens is 399 g/mol. The molecule has 1 aromatic heterocycles. The lowest BCUT2D eigenvalue weighted by Crippen LogP contribution is -2.06. The first-order chi connectivity index (χ1) is 13.4. The van der Waals surface area contributed by atoms with Crippen molar-refractivity contribution in [3.05, 3.63) is 92.3 Å². The zero-order chi connectivity index (χ0) is 20.3. The average molecular weight is 415 g/mol. The lowest BCUT2D eigenvalue weighted by Gasteiger charge is -2.11. The highest BCUT2D eigenvalue weighted by atomic mass is 35.5. The maximum Gasteiger partial charge on any atom is 0.336 e. The van der Waals surface area contributed by atoms with E-state index in [9.17, 15) is 9.59 Å². The van der Waals surface area contributed by atoms with Crippen molar-refractivity contribution in [1.82, 2.24) is 0 Å². The number of carbonyl (C=O) groups excluding carboxylic acids is 1. The second kappa shape index (κ2) is 8.46. The van der Waals surface area contributed by atoms with E-state index in [2.05, 4.69) is 6.58 Å². The molecule has 0 saturated heterocycles. The van der Waals surface area contributed by atoms with Gasteiger partial charge < -0.3 is 9.15 Å². The summed E-state index contributed by atoms with van der Waals surface area (Å²) in [5, 5.41) is 1.48. The number of ketones is 1. The van der Waals surface area contributed by atoms with E-state index < -0.39 is 11.4 Å². The molecule has 0 amide bonds. The van der Waals surface area contributed by atoms with E-state index in [-0.39, 0.29) is 17.8 Å². The Balaban J connectivity index is 2.16. The van der Waals surface area contributed by atoms with Crippen LogP contribution in [0.25, 0.3) is 17.0 Å². The van der Waals surface area contributed by atoms with Crippen LogP contribution in [0, 0.1) is 6.92 Å². The van der Waals surface area contributed by atoms with Gasteiger partial charge in [0, 0.05) is 27.1 Å². The van der Waals surface area contributed by atoms with Crippen LogP contribution in [0.5, 0.6) is 5.75 Å². The van der Waals surface area contributed by atoms with Crippen LogP contribution in [0.1, 0.15) is 21.5 Å². The molecule has 0 radical (unpaired) electrons. The topological polar surface area (TPSA) is 56.5 Å². The largest absolute Gasteiger partial charge is 0.489 e. The number of benzene rings is 2. The quantitative estimate of drug-likeness (QED) is 0.219. The molecule has 0 bridgehead atoms. The summed E-state index contributed by atoms with van der Waals surface area (Å²) in [4.78, 5) is 24.9. The number of allylic oxidation sites excluding steroid dienone is 1. The number of carbonyl (C=O) groups is 1. The highest BCUT2D eigenvalue weighted by molar-refractivity contribution is 6.37. The van der Waals surface area contributed by atoms with E-state index in [4.69, 9.17) is 32.4 Å². The summed E-state index contributed by atoms with van der Waals surface area (Å²) in [6, 6.07) is 9.86. The molecule has 0 spiro atoms. The van der Waals surface area contributed by atoms with Crippen LogP contribution < -0.4 is 10.4 Å². The van der Waals surface area contributed by atoms with Gasteiger partial charge in [-0.3, -0.25) is 4.79 Å². The fourth-order valence-corrected chi connectivity index (χ4v) is 3.30. The molecule has 6 heteroatoms. The fraction of sp³-hybridized carbons (Fsp3) is 0.0909. The summed E-state index contributed by atoms with van der Waals surface area (Å²) in [6.45, 7) is 5.58. The minimum atomic E-state index is -0.543. The molecule has 3 rings (SSSR count). The van der Waals surface area contributed by atoms with Crippen molar-refractivity contribution in [2.24, 2.45) is 0 Å². The SMILES string of the molecule is C=CCOc1ccc2c(C)cc(=O)oc2c1C(=O)C=Cc1c(Cl)cccc1Cl. The smallest absolute Gasteiger partial charge is 0.336 e. The van der Waals surface area contributed by atoms with E-state index in [1.54, 1.807) is 43.3 Å². The molecule has 142 valence electrons. The number of fused-ring (bicyclic) bond motifs is 1. The third-order valence-corrected chi connectivity index (χ3v) is 4.74. The van der Waals surface area contributed by atoms with Gasteiger partial charge in [0.05, 0.1) is 0 Å². The van der Waals surface area contributed by atoms with Crippen LogP contribution in [-0.4, -0.2) is 12.4 Å². The Hall–Kier alpha value is -2.82. The lowest BCUT2D eigenvalue weighted by molar-refractivity contribution is 0.104. The number of aryl methyl sites for hydroxylation is 1. The van der Waals surface area contributed by atoms with Crippen LogP contribution in [0.15, 0.2) is 64.3 Å². The monoisotopic (exact) mass is 414 g/mol. The van der Waals surface area contributed by atoms with Gasteiger partial charge in [-0.15, -0.1) is 0 Å². The van der Waals surface area contributed by atoms with Gasteiger partial charge in [0.1, 0.15) is 17.9 Å². The third-order valence-electron chi connectivity index (χ3n) is 4.09. The molecule has 1 heterocycles. The predicted molar refractivity (Wildman–Crippen MR) is 113 cm³/mol. The molecule has 0 fully saturated rings. The molecule has 0 unspecified atom stereocenters. The summed E-state index contributed by atoms with van der Waals surface area (Å²) in [6.07, 6.45) is 4.41. The zero-order valence-corrected chi connectivity index (χ0v) is 16.5. The van der Waals surface area contributed by atoms with Gasteiger partial charge in [-0.2, -0.15) is 0 Å². The standard InChI is InChI=1S/C22H16Cl2O4/c1-3-11-27-19-10-8-14-13(2)12-20(26)28-22(14)21(19)18(25)9-7-15-16(23)5-4-6-17(15)24/h3-10,12H,1,11H2,2H3. The summed E-state index contributed by atoms with van der Waals surface area (Å²) in [5.74, 6) is -0.115. The van der Waals surface area contributed by atoms with Gasteiger partial charge >= 0.3 is 5.63 Å². The summed E-state index contributed by atoms with van der Waals surface area (Å²) in [7, 11) is 0. The number of rotatable bonds is 6. The van der Waals surface area contributed by atoms with Gasteiger partial charge in [0.2, 0.25) is 0 Å². The highest BCUT2D eigenvalue weighted by Gasteiger charge is 2.19. The van der Waals surface area contributed by atoms with Gasteiger partial charge in [0.15, 0.2) is 11.4 Å². The minimum Gasteiger partial charge on any atom is -0.489 e. The van der Waals surface area contributed by atoms with Gasteiger partial charge in [-0.1, -0.05) is 41.9 Å².